The first-order valence-electron chi connectivity index (χ1n) is 8.27. The molecule has 3 N–H and O–H groups in total. The number of hydrogen-bond donors (Lipinski definition) is 2. The van der Waals surface area contributed by atoms with Crippen molar-refractivity contribution in [3.05, 3.63) is 52.0 Å². The van der Waals surface area contributed by atoms with Crippen LogP contribution in [0.1, 0.15) is 24.3 Å². The van der Waals surface area contributed by atoms with Crippen molar-refractivity contribution < 1.29 is 9.47 Å². The Morgan fingerprint density at radius 1 is 1.04 bits per heavy atom. The largest absolute Gasteiger partial charge is 0.493 e. The van der Waals surface area contributed by atoms with Gasteiger partial charge in [0.2, 0.25) is 0 Å². The van der Waals surface area contributed by atoms with Gasteiger partial charge in [0.25, 0.3) is 0 Å². The van der Waals surface area contributed by atoms with Crippen LogP contribution < -0.4 is 20.5 Å². The second-order valence-corrected chi connectivity index (χ2v) is 7.02. The minimum atomic E-state index is 0. The van der Waals surface area contributed by atoms with Gasteiger partial charge in [-0.1, -0.05) is 29.3 Å². The van der Waals surface area contributed by atoms with Crippen LogP contribution in [0.3, 0.4) is 0 Å². The fourth-order valence-electron chi connectivity index (χ4n) is 3.02. The monoisotopic (exact) mass is 521 g/mol. The van der Waals surface area contributed by atoms with Crippen molar-refractivity contribution in [2.24, 2.45) is 10.7 Å². The van der Waals surface area contributed by atoms with Crippen LogP contribution in [0.2, 0.25) is 10.0 Å². The number of anilines is 1. The highest BCUT2D eigenvalue weighted by atomic mass is 127. The minimum Gasteiger partial charge on any atom is -0.493 e. The topological polar surface area (TPSA) is 68.9 Å². The van der Waals surface area contributed by atoms with E-state index in [1.807, 2.05) is 36.4 Å². The summed E-state index contributed by atoms with van der Waals surface area (Å²) in [6, 6.07) is 11.5. The Bertz CT molecular complexity index is 827. The first-order valence-corrected chi connectivity index (χ1v) is 9.03. The Morgan fingerprint density at radius 3 is 2.37 bits per heavy atom. The number of nitrogens with one attached hydrogen (secondary N) is 1. The number of nitrogens with zero attached hydrogens (tertiary/aromatic N) is 1. The Morgan fingerprint density at radius 2 is 1.74 bits per heavy atom. The standard InChI is InChI=1S/C19H21Cl2N3O2.HI/c1-25-17-6-4-13(10-18(17)26-2)23-19(22)24-14-7-12(8-14)11-3-5-15(20)16(21)9-11;/h3-6,9-10,12,14H,7-8H2,1-2H3,(H3,22,23,24);1H. The van der Waals surface area contributed by atoms with Crippen LogP contribution in [-0.2, 0) is 0 Å². The van der Waals surface area contributed by atoms with Crippen LogP contribution in [0.4, 0.5) is 5.69 Å². The summed E-state index contributed by atoms with van der Waals surface area (Å²) in [6.45, 7) is 0. The van der Waals surface area contributed by atoms with Gasteiger partial charge in [0, 0.05) is 11.8 Å². The molecule has 1 saturated carbocycles. The van der Waals surface area contributed by atoms with Crippen LogP contribution in [0.5, 0.6) is 11.5 Å². The SMILES string of the molecule is COc1ccc(NC(N)=NC2CC(c3ccc(Cl)c(Cl)c3)C2)cc1OC.I. The molecule has 1 aliphatic rings. The van der Waals surface area contributed by atoms with Crippen molar-refractivity contribution in [2.75, 3.05) is 19.5 Å². The second kappa shape index (κ2) is 9.71. The lowest BCUT2D eigenvalue weighted by Gasteiger charge is -2.33. The van der Waals surface area contributed by atoms with Crippen LogP contribution in [0.15, 0.2) is 41.4 Å². The highest BCUT2D eigenvalue weighted by Gasteiger charge is 2.30. The number of methoxy groups -OCH3 is 2. The molecule has 27 heavy (non-hydrogen) atoms. The Hall–Kier alpha value is -1.38. The summed E-state index contributed by atoms with van der Waals surface area (Å²) in [7, 11) is 3.19. The molecular formula is C19H22Cl2IN3O2. The number of halogens is 3. The van der Waals surface area contributed by atoms with Gasteiger partial charge in [-0.25, -0.2) is 4.99 Å². The van der Waals surface area contributed by atoms with Gasteiger partial charge in [0.15, 0.2) is 17.5 Å². The Kier molecular flexibility index (Phi) is 7.88. The average molecular weight is 522 g/mol. The van der Waals surface area contributed by atoms with Gasteiger partial charge in [-0.15, -0.1) is 24.0 Å². The number of aliphatic imine (C=N–C) groups is 1. The zero-order valence-electron chi connectivity index (χ0n) is 15.0. The smallest absolute Gasteiger partial charge is 0.193 e. The van der Waals surface area contributed by atoms with Crippen molar-refractivity contribution in [3.8, 4) is 11.5 Å². The van der Waals surface area contributed by atoms with Gasteiger partial charge in [0.1, 0.15) is 0 Å². The maximum Gasteiger partial charge on any atom is 0.193 e. The van der Waals surface area contributed by atoms with E-state index < -0.39 is 0 Å². The molecule has 0 saturated heterocycles. The molecule has 8 heteroatoms. The third-order valence-electron chi connectivity index (χ3n) is 4.51. The summed E-state index contributed by atoms with van der Waals surface area (Å²) in [5.41, 5.74) is 8.02. The number of nitrogens with two attached hydrogens (primary N) is 1. The molecule has 0 bridgehead atoms. The minimum absolute atomic E-state index is 0. The van der Waals surface area contributed by atoms with Crippen LogP contribution >= 0.6 is 47.2 Å². The molecule has 2 aromatic carbocycles. The summed E-state index contributed by atoms with van der Waals surface area (Å²) >= 11 is 12.1. The zero-order chi connectivity index (χ0) is 18.7. The first-order chi connectivity index (χ1) is 12.5. The van der Waals surface area contributed by atoms with Crippen molar-refractivity contribution in [1.82, 2.24) is 0 Å². The van der Waals surface area contributed by atoms with Crippen molar-refractivity contribution in [3.63, 3.8) is 0 Å². The molecule has 2 aromatic rings. The van der Waals surface area contributed by atoms with Gasteiger partial charge in [-0.2, -0.15) is 0 Å². The second-order valence-electron chi connectivity index (χ2n) is 6.20. The summed E-state index contributed by atoms with van der Waals surface area (Å²) in [5, 5.41) is 4.26. The van der Waals surface area contributed by atoms with Crippen LogP contribution in [-0.4, -0.2) is 26.2 Å². The normalized spacial score (nSPS) is 18.9. The van der Waals surface area contributed by atoms with E-state index in [1.54, 1.807) is 14.2 Å². The molecule has 1 fully saturated rings. The van der Waals surface area contributed by atoms with E-state index in [0.29, 0.717) is 33.4 Å². The zero-order valence-corrected chi connectivity index (χ0v) is 18.9. The fourth-order valence-corrected chi connectivity index (χ4v) is 3.33. The van der Waals surface area contributed by atoms with E-state index >= 15 is 0 Å². The summed E-state index contributed by atoms with van der Waals surface area (Å²) in [5.74, 6) is 2.12. The molecule has 3 rings (SSSR count). The predicted octanol–water partition coefficient (Wildman–Crippen LogP) is 5.30. The highest BCUT2D eigenvalue weighted by Crippen LogP contribution is 2.40. The molecule has 0 aliphatic heterocycles. The van der Waals surface area contributed by atoms with Crippen LogP contribution in [0, 0.1) is 0 Å². The number of hydrogen-bond acceptors (Lipinski definition) is 3. The number of ether oxygens (including phenoxy) is 2. The lowest BCUT2D eigenvalue weighted by atomic mass is 9.76. The van der Waals surface area contributed by atoms with E-state index in [9.17, 15) is 0 Å². The maximum atomic E-state index is 6.09. The van der Waals surface area contributed by atoms with Gasteiger partial charge in [-0.3, -0.25) is 0 Å². The van der Waals surface area contributed by atoms with Crippen molar-refractivity contribution in [2.45, 2.75) is 24.8 Å². The average Bonchev–Trinajstić information content (AvgIpc) is 2.60. The van der Waals surface area contributed by atoms with E-state index in [0.717, 1.165) is 18.5 Å². The molecule has 0 unspecified atom stereocenters. The molecular weight excluding hydrogens is 500 g/mol. The lowest BCUT2D eigenvalue weighted by molar-refractivity contribution is 0.353. The molecule has 5 nitrogen and oxygen atoms in total. The summed E-state index contributed by atoms with van der Waals surface area (Å²) in [4.78, 5) is 4.54. The third kappa shape index (κ3) is 5.33. The molecule has 0 aromatic heterocycles. The van der Waals surface area contributed by atoms with Gasteiger partial charge >= 0.3 is 0 Å². The van der Waals surface area contributed by atoms with E-state index in [4.69, 9.17) is 38.4 Å². The summed E-state index contributed by atoms with van der Waals surface area (Å²) in [6.07, 6.45) is 1.87. The molecule has 0 heterocycles. The number of guanidine groups is 1. The Labute approximate surface area is 186 Å². The maximum absolute atomic E-state index is 6.09. The molecule has 0 spiro atoms. The van der Waals surface area contributed by atoms with Crippen molar-refractivity contribution in [1.29, 1.82) is 0 Å². The third-order valence-corrected chi connectivity index (χ3v) is 5.24. The number of benzene rings is 2. The first kappa shape index (κ1) is 21.9. The molecule has 0 amide bonds. The predicted molar refractivity (Wildman–Crippen MR) is 122 cm³/mol. The van der Waals surface area contributed by atoms with Crippen molar-refractivity contribution >= 4 is 58.8 Å². The highest BCUT2D eigenvalue weighted by molar-refractivity contribution is 14.0. The van der Waals surface area contributed by atoms with E-state index in [1.165, 1.54) is 5.56 Å². The molecule has 146 valence electrons. The lowest BCUT2D eigenvalue weighted by Crippen LogP contribution is -2.31. The molecule has 0 atom stereocenters. The fraction of sp³-hybridized carbons (Fsp3) is 0.316. The van der Waals surface area contributed by atoms with E-state index in [-0.39, 0.29) is 30.0 Å². The van der Waals surface area contributed by atoms with Gasteiger partial charge in [0.05, 0.1) is 30.3 Å². The molecule has 1 aliphatic carbocycles. The quantitative estimate of drug-likeness (QED) is 0.318. The van der Waals surface area contributed by atoms with Gasteiger partial charge in [-0.05, 0) is 48.6 Å². The summed E-state index contributed by atoms with van der Waals surface area (Å²) < 4.78 is 10.5. The van der Waals surface area contributed by atoms with Gasteiger partial charge < -0.3 is 20.5 Å². The Balaban J connectivity index is 0.00000261. The molecule has 0 radical (unpaired) electrons. The van der Waals surface area contributed by atoms with Crippen LogP contribution in [0.25, 0.3) is 0 Å². The van der Waals surface area contributed by atoms with E-state index in [2.05, 4.69) is 10.3 Å². The number of rotatable bonds is 5.